The molecule has 1 aromatic rings. The van der Waals surface area contributed by atoms with E-state index in [0.29, 0.717) is 29.8 Å². The second-order valence-corrected chi connectivity index (χ2v) is 9.85. The molecule has 3 aliphatic rings. The molecule has 3 saturated heterocycles. The lowest BCUT2D eigenvalue weighted by molar-refractivity contribution is -0.133. The first kappa shape index (κ1) is 20.1. The molecule has 0 amide bonds. The van der Waals surface area contributed by atoms with Crippen molar-refractivity contribution in [1.82, 2.24) is 9.21 Å². The van der Waals surface area contributed by atoms with E-state index in [0.717, 1.165) is 58.6 Å². The average Bonchev–Trinajstić information content (AvgIpc) is 2.75. The van der Waals surface area contributed by atoms with Crippen molar-refractivity contribution in [3.8, 4) is 5.75 Å². The molecule has 0 bridgehead atoms. The summed E-state index contributed by atoms with van der Waals surface area (Å²) in [6, 6.07) is 7.21. The van der Waals surface area contributed by atoms with Gasteiger partial charge in [0.1, 0.15) is 5.75 Å². The third-order valence-corrected chi connectivity index (χ3v) is 8.24. The second kappa shape index (κ2) is 8.28. The van der Waals surface area contributed by atoms with E-state index in [1.165, 1.54) is 0 Å². The predicted molar refractivity (Wildman–Crippen MR) is 105 cm³/mol. The number of nitrogens with zero attached hydrogens (tertiary/aromatic N) is 2. The smallest absolute Gasteiger partial charge is 0.243 e. The summed E-state index contributed by atoms with van der Waals surface area (Å²) in [6.45, 7) is 5.32. The molecule has 156 valence electrons. The Morgan fingerprint density at radius 2 is 1.86 bits per heavy atom. The zero-order valence-corrected chi connectivity index (χ0v) is 17.3. The van der Waals surface area contributed by atoms with Gasteiger partial charge in [-0.25, -0.2) is 8.42 Å². The number of hydrogen-bond acceptors (Lipinski definition) is 6. The molecule has 1 spiro atoms. The van der Waals surface area contributed by atoms with Gasteiger partial charge in [-0.3, -0.25) is 4.90 Å². The predicted octanol–water partition coefficient (Wildman–Crippen LogP) is 1.73. The largest absolute Gasteiger partial charge is 0.497 e. The summed E-state index contributed by atoms with van der Waals surface area (Å²) in [5.74, 6) is 0.554. The summed E-state index contributed by atoms with van der Waals surface area (Å²) in [6.07, 6.45) is 3.53. The fraction of sp³-hybridized carbons (Fsp3) is 0.700. The summed E-state index contributed by atoms with van der Waals surface area (Å²) in [5, 5.41) is 0. The van der Waals surface area contributed by atoms with Crippen LogP contribution in [0.25, 0.3) is 0 Å². The first-order valence-corrected chi connectivity index (χ1v) is 11.6. The minimum Gasteiger partial charge on any atom is -0.497 e. The first-order chi connectivity index (χ1) is 13.5. The van der Waals surface area contributed by atoms with Crippen LogP contribution in [-0.4, -0.2) is 82.4 Å². The summed E-state index contributed by atoms with van der Waals surface area (Å²) in [4.78, 5) is 2.81. The van der Waals surface area contributed by atoms with E-state index < -0.39 is 10.0 Å². The van der Waals surface area contributed by atoms with Crippen LogP contribution in [0.1, 0.15) is 25.7 Å². The maximum absolute atomic E-state index is 13.0. The number of rotatable bonds is 4. The van der Waals surface area contributed by atoms with Gasteiger partial charge in [0.05, 0.1) is 30.8 Å². The van der Waals surface area contributed by atoms with Gasteiger partial charge in [-0.05, 0) is 37.8 Å². The Morgan fingerprint density at radius 3 is 2.57 bits per heavy atom. The molecule has 4 rings (SSSR count). The molecule has 3 fully saturated rings. The summed E-state index contributed by atoms with van der Waals surface area (Å²) in [5.41, 5.74) is -0.193. The minimum atomic E-state index is -3.51. The van der Waals surface area contributed by atoms with E-state index >= 15 is 0 Å². The van der Waals surface area contributed by atoms with E-state index in [-0.39, 0.29) is 5.60 Å². The van der Waals surface area contributed by atoms with Gasteiger partial charge in [0.15, 0.2) is 0 Å². The van der Waals surface area contributed by atoms with Crippen LogP contribution in [0.15, 0.2) is 29.2 Å². The van der Waals surface area contributed by atoms with Gasteiger partial charge in [0, 0.05) is 44.9 Å². The molecule has 8 heteroatoms. The molecule has 0 aliphatic carbocycles. The number of ether oxygens (including phenoxy) is 3. The molecule has 0 N–H and O–H groups in total. The minimum absolute atomic E-state index is 0.193. The molecule has 3 aliphatic heterocycles. The zero-order chi connectivity index (χ0) is 19.6. The molecule has 28 heavy (non-hydrogen) atoms. The summed E-state index contributed by atoms with van der Waals surface area (Å²) >= 11 is 0. The second-order valence-electron chi connectivity index (χ2n) is 7.91. The average molecular weight is 411 g/mol. The quantitative estimate of drug-likeness (QED) is 0.753. The van der Waals surface area contributed by atoms with Crippen LogP contribution in [0.2, 0.25) is 0 Å². The first-order valence-electron chi connectivity index (χ1n) is 10.1. The maximum Gasteiger partial charge on any atom is 0.243 e. The zero-order valence-electron chi connectivity index (χ0n) is 16.5. The lowest BCUT2D eigenvalue weighted by atomic mass is 9.82. The van der Waals surface area contributed by atoms with Gasteiger partial charge in [-0.15, -0.1) is 0 Å². The Kier molecular flexibility index (Phi) is 5.94. The Balaban J connectivity index is 1.42. The van der Waals surface area contributed by atoms with E-state index in [2.05, 4.69) is 4.90 Å². The fourth-order valence-corrected chi connectivity index (χ4v) is 6.13. The molecule has 0 aromatic heterocycles. The fourth-order valence-electron chi connectivity index (χ4n) is 4.65. The van der Waals surface area contributed by atoms with Gasteiger partial charge in [-0.1, -0.05) is 6.07 Å². The van der Waals surface area contributed by atoms with Crippen molar-refractivity contribution in [3.05, 3.63) is 24.3 Å². The number of sulfonamides is 1. The Labute approximate surface area is 167 Å². The van der Waals surface area contributed by atoms with E-state index in [1.807, 2.05) is 0 Å². The number of morpholine rings is 1. The molecule has 0 saturated carbocycles. The van der Waals surface area contributed by atoms with Crippen LogP contribution in [0.3, 0.4) is 0 Å². The molecule has 1 unspecified atom stereocenters. The van der Waals surface area contributed by atoms with Crippen molar-refractivity contribution in [3.63, 3.8) is 0 Å². The van der Waals surface area contributed by atoms with Crippen LogP contribution >= 0.6 is 0 Å². The van der Waals surface area contributed by atoms with Crippen molar-refractivity contribution in [2.24, 2.45) is 0 Å². The molecule has 0 radical (unpaired) electrons. The van der Waals surface area contributed by atoms with Gasteiger partial charge < -0.3 is 14.2 Å². The topological polar surface area (TPSA) is 68.3 Å². The maximum atomic E-state index is 13.0. The normalized spacial score (nSPS) is 27.0. The monoisotopic (exact) mass is 410 g/mol. The van der Waals surface area contributed by atoms with Crippen molar-refractivity contribution < 1.29 is 22.6 Å². The van der Waals surface area contributed by atoms with E-state index in [4.69, 9.17) is 14.2 Å². The lowest BCUT2D eigenvalue weighted by Crippen LogP contribution is -2.55. The molecule has 7 nitrogen and oxygen atoms in total. The van der Waals surface area contributed by atoms with Crippen molar-refractivity contribution in [2.75, 3.05) is 53.1 Å². The number of piperidine rings is 1. The van der Waals surface area contributed by atoms with Crippen molar-refractivity contribution >= 4 is 10.0 Å². The van der Waals surface area contributed by atoms with E-state index in [9.17, 15) is 8.42 Å². The Morgan fingerprint density at radius 1 is 1.11 bits per heavy atom. The number of benzene rings is 1. The third kappa shape index (κ3) is 4.07. The Hall–Kier alpha value is -1.19. The highest BCUT2D eigenvalue weighted by atomic mass is 32.2. The van der Waals surface area contributed by atoms with Crippen molar-refractivity contribution in [1.29, 1.82) is 0 Å². The molecular formula is C20H30N2O5S. The number of hydrogen-bond donors (Lipinski definition) is 0. The molecule has 3 heterocycles. The lowest BCUT2D eigenvalue weighted by Gasteiger charge is -2.48. The standard InChI is InChI=1S/C20H30N2O5S/c1-25-18-3-2-4-19(15-18)28(23,24)22-8-6-20(7-9-22)16-17(5-12-27-20)21-10-13-26-14-11-21/h2-4,15,17H,5-14,16H2,1H3. The molecular weight excluding hydrogens is 380 g/mol. The highest BCUT2D eigenvalue weighted by Gasteiger charge is 2.44. The van der Waals surface area contributed by atoms with Crippen LogP contribution in [0.5, 0.6) is 5.75 Å². The number of methoxy groups -OCH3 is 1. The highest BCUT2D eigenvalue weighted by Crippen LogP contribution is 2.38. The molecule has 1 atom stereocenters. The SMILES string of the molecule is COc1cccc(S(=O)(=O)N2CCC3(CC2)CC(N2CCOCC2)CCO3)c1. The van der Waals surface area contributed by atoms with Gasteiger partial charge in [0.2, 0.25) is 10.0 Å². The molecule has 1 aromatic carbocycles. The Bertz CT molecular complexity index is 771. The highest BCUT2D eigenvalue weighted by molar-refractivity contribution is 7.89. The van der Waals surface area contributed by atoms with Crippen LogP contribution in [0, 0.1) is 0 Å². The van der Waals surface area contributed by atoms with Crippen molar-refractivity contribution in [2.45, 2.75) is 42.2 Å². The van der Waals surface area contributed by atoms with Crippen LogP contribution < -0.4 is 4.74 Å². The van der Waals surface area contributed by atoms with Gasteiger partial charge in [-0.2, -0.15) is 4.31 Å². The van der Waals surface area contributed by atoms with Crippen LogP contribution in [0.4, 0.5) is 0 Å². The summed E-state index contributed by atoms with van der Waals surface area (Å²) in [7, 11) is -1.97. The van der Waals surface area contributed by atoms with Crippen LogP contribution in [-0.2, 0) is 19.5 Å². The van der Waals surface area contributed by atoms with E-state index in [1.54, 1.807) is 35.7 Å². The third-order valence-electron chi connectivity index (χ3n) is 6.34. The van der Waals surface area contributed by atoms with Gasteiger partial charge >= 0.3 is 0 Å². The van der Waals surface area contributed by atoms with Gasteiger partial charge in [0.25, 0.3) is 0 Å². The summed E-state index contributed by atoms with van der Waals surface area (Å²) < 4.78 is 44.6.